The molecule has 2 rings (SSSR count). The monoisotopic (exact) mass is 239 g/mol. The van der Waals surface area contributed by atoms with Crippen molar-refractivity contribution in [2.24, 2.45) is 16.1 Å². The van der Waals surface area contributed by atoms with E-state index in [4.69, 9.17) is 0 Å². The lowest BCUT2D eigenvalue weighted by atomic mass is 9.86. The van der Waals surface area contributed by atoms with Gasteiger partial charge in [0.25, 0.3) is 0 Å². The van der Waals surface area contributed by atoms with Gasteiger partial charge in [0.05, 0.1) is 5.75 Å². The number of nitrogens with one attached hydrogen (secondary N) is 1. The summed E-state index contributed by atoms with van der Waals surface area (Å²) in [5.74, 6) is 1.09. The minimum atomic E-state index is 0.0225. The lowest BCUT2D eigenvalue weighted by Gasteiger charge is -2.20. The molecule has 1 saturated carbocycles. The van der Waals surface area contributed by atoms with E-state index in [-0.39, 0.29) is 5.91 Å². The lowest BCUT2D eigenvalue weighted by Crippen LogP contribution is -2.20. The second-order valence-electron chi connectivity index (χ2n) is 4.32. The van der Waals surface area contributed by atoms with Crippen LogP contribution in [0.4, 0.5) is 0 Å². The number of amidine groups is 1. The summed E-state index contributed by atoms with van der Waals surface area (Å²) in [5.41, 5.74) is 1.11. The molecule has 1 aliphatic heterocycles. The van der Waals surface area contributed by atoms with Crippen LogP contribution in [0.3, 0.4) is 0 Å². The summed E-state index contributed by atoms with van der Waals surface area (Å²) in [6, 6.07) is 0. The Morgan fingerprint density at radius 3 is 2.75 bits per heavy atom. The largest absolute Gasteiger partial charge is 0.303 e. The summed E-state index contributed by atoms with van der Waals surface area (Å²) in [5, 5.41) is 11.6. The van der Waals surface area contributed by atoms with Crippen molar-refractivity contribution < 1.29 is 4.79 Å². The van der Waals surface area contributed by atoms with Crippen molar-refractivity contribution in [3.63, 3.8) is 0 Å². The zero-order valence-electron chi connectivity index (χ0n) is 9.53. The molecule has 5 heteroatoms. The van der Waals surface area contributed by atoms with Crippen LogP contribution in [-0.4, -0.2) is 22.5 Å². The summed E-state index contributed by atoms with van der Waals surface area (Å²) in [6.07, 6.45) is 6.43. The lowest BCUT2D eigenvalue weighted by molar-refractivity contribution is -0.116. The molecule has 1 amide bonds. The van der Waals surface area contributed by atoms with Gasteiger partial charge in [-0.05, 0) is 25.7 Å². The van der Waals surface area contributed by atoms with Crippen molar-refractivity contribution in [2.75, 3.05) is 5.75 Å². The number of amides is 1. The number of rotatable bonds is 2. The predicted molar refractivity (Wildman–Crippen MR) is 67.7 cm³/mol. The van der Waals surface area contributed by atoms with Crippen LogP contribution in [0.25, 0.3) is 0 Å². The molecule has 88 valence electrons. The van der Waals surface area contributed by atoms with Gasteiger partial charge in [0.2, 0.25) is 5.91 Å². The molecule has 1 heterocycles. The Morgan fingerprint density at radius 2 is 2.12 bits per heavy atom. The van der Waals surface area contributed by atoms with E-state index < -0.39 is 0 Å². The second kappa shape index (κ2) is 5.48. The molecule has 1 N–H and O–H groups in total. The van der Waals surface area contributed by atoms with Gasteiger partial charge in [-0.15, -0.1) is 5.10 Å². The van der Waals surface area contributed by atoms with Crippen LogP contribution in [0.15, 0.2) is 10.2 Å². The van der Waals surface area contributed by atoms with E-state index in [0.717, 1.165) is 5.71 Å². The second-order valence-corrected chi connectivity index (χ2v) is 5.28. The third kappa shape index (κ3) is 3.07. The van der Waals surface area contributed by atoms with Crippen LogP contribution < -0.4 is 5.32 Å². The van der Waals surface area contributed by atoms with Gasteiger partial charge in [0.1, 0.15) is 0 Å². The Balaban J connectivity index is 1.92. The molecule has 2 fully saturated rings. The molecule has 0 bridgehead atoms. The molecule has 1 aliphatic carbocycles. The summed E-state index contributed by atoms with van der Waals surface area (Å²) in [7, 11) is 0. The zero-order chi connectivity index (χ0) is 11.4. The smallest absolute Gasteiger partial charge is 0.236 e. The number of carbonyl (C=O) groups excluding carboxylic acids is 1. The normalized spacial score (nSPS) is 26.2. The number of carbonyl (C=O) groups is 1. The molecule has 16 heavy (non-hydrogen) atoms. The number of hydrogen-bond donors (Lipinski definition) is 1. The first-order valence-corrected chi connectivity index (χ1v) is 6.79. The van der Waals surface area contributed by atoms with Crippen LogP contribution in [0.1, 0.15) is 39.0 Å². The average molecular weight is 239 g/mol. The molecule has 0 aromatic rings. The van der Waals surface area contributed by atoms with Gasteiger partial charge < -0.3 is 5.32 Å². The third-order valence-electron chi connectivity index (χ3n) is 3.08. The number of thioether (sulfide) groups is 1. The first-order chi connectivity index (χ1) is 7.75. The van der Waals surface area contributed by atoms with E-state index in [1.54, 1.807) is 0 Å². The Bertz CT molecular complexity index is 332. The fourth-order valence-corrected chi connectivity index (χ4v) is 2.73. The van der Waals surface area contributed by atoms with Gasteiger partial charge in [-0.25, -0.2) is 0 Å². The highest BCUT2D eigenvalue weighted by molar-refractivity contribution is 8.15. The van der Waals surface area contributed by atoms with E-state index in [0.29, 0.717) is 16.8 Å². The zero-order valence-corrected chi connectivity index (χ0v) is 10.3. The highest BCUT2D eigenvalue weighted by atomic mass is 32.2. The van der Waals surface area contributed by atoms with E-state index in [2.05, 4.69) is 15.5 Å². The van der Waals surface area contributed by atoms with Gasteiger partial charge >= 0.3 is 0 Å². The number of nitrogens with zero attached hydrogens (tertiary/aromatic N) is 2. The fraction of sp³-hybridized carbons (Fsp3) is 0.727. The minimum absolute atomic E-state index is 0.0225. The maximum absolute atomic E-state index is 10.9. The molecule has 2 aliphatic rings. The molecule has 0 radical (unpaired) electrons. The van der Waals surface area contributed by atoms with Crippen molar-refractivity contribution in [3.05, 3.63) is 0 Å². The van der Waals surface area contributed by atoms with Gasteiger partial charge in [-0.3, -0.25) is 4.79 Å². The Morgan fingerprint density at radius 1 is 1.38 bits per heavy atom. The first-order valence-electron chi connectivity index (χ1n) is 5.80. The van der Waals surface area contributed by atoms with Gasteiger partial charge in [-0.2, -0.15) is 5.10 Å². The Kier molecular flexibility index (Phi) is 3.98. The topological polar surface area (TPSA) is 53.8 Å². The SMILES string of the molecule is CC(=N/N=C1/NC(=O)CS1)C1CCCCC1. The Labute approximate surface area is 100.0 Å². The van der Waals surface area contributed by atoms with E-state index in [9.17, 15) is 4.79 Å². The molecule has 0 aromatic heterocycles. The van der Waals surface area contributed by atoms with Crippen molar-refractivity contribution in [3.8, 4) is 0 Å². The van der Waals surface area contributed by atoms with Crippen LogP contribution in [0.5, 0.6) is 0 Å². The fourth-order valence-electron chi connectivity index (χ4n) is 2.11. The van der Waals surface area contributed by atoms with Crippen LogP contribution in [0.2, 0.25) is 0 Å². The summed E-state index contributed by atoms with van der Waals surface area (Å²) < 4.78 is 0. The van der Waals surface area contributed by atoms with Crippen molar-refractivity contribution in [1.29, 1.82) is 0 Å². The first kappa shape index (κ1) is 11.6. The molecule has 0 atom stereocenters. The molecule has 4 nitrogen and oxygen atoms in total. The van der Waals surface area contributed by atoms with Gasteiger partial charge in [0, 0.05) is 5.71 Å². The quantitative estimate of drug-likeness (QED) is 0.593. The van der Waals surface area contributed by atoms with Crippen molar-refractivity contribution in [2.45, 2.75) is 39.0 Å². The van der Waals surface area contributed by atoms with Crippen molar-refractivity contribution >= 4 is 28.5 Å². The van der Waals surface area contributed by atoms with Crippen molar-refractivity contribution in [1.82, 2.24) is 5.32 Å². The highest BCUT2D eigenvalue weighted by Crippen LogP contribution is 2.25. The maximum Gasteiger partial charge on any atom is 0.236 e. The average Bonchev–Trinajstić information content (AvgIpc) is 2.73. The summed E-state index contributed by atoms with van der Waals surface area (Å²) in [4.78, 5) is 10.9. The maximum atomic E-state index is 10.9. The molecule has 0 spiro atoms. The minimum Gasteiger partial charge on any atom is -0.303 e. The standard InChI is InChI=1S/C11H17N3OS/c1-8(9-5-3-2-4-6-9)13-14-11-12-10(15)7-16-11/h9H,2-7H2,1H3,(H,12,14,15). The molecule has 1 saturated heterocycles. The summed E-state index contributed by atoms with van der Waals surface area (Å²) in [6.45, 7) is 2.04. The predicted octanol–water partition coefficient (Wildman–Crippen LogP) is 2.16. The molecule has 0 aromatic carbocycles. The number of hydrogen-bond acceptors (Lipinski definition) is 4. The van der Waals surface area contributed by atoms with E-state index in [1.807, 2.05) is 6.92 Å². The van der Waals surface area contributed by atoms with Crippen LogP contribution in [0, 0.1) is 5.92 Å². The van der Waals surface area contributed by atoms with Crippen LogP contribution in [-0.2, 0) is 4.79 Å². The molecule has 0 unspecified atom stereocenters. The van der Waals surface area contributed by atoms with Crippen LogP contribution >= 0.6 is 11.8 Å². The Hall–Kier alpha value is -0.840. The summed E-state index contributed by atoms with van der Waals surface area (Å²) >= 11 is 1.42. The van der Waals surface area contributed by atoms with Gasteiger partial charge in [0.15, 0.2) is 5.17 Å². The van der Waals surface area contributed by atoms with E-state index >= 15 is 0 Å². The van der Waals surface area contributed by atoms with Gasteiger partial charge in [-0.1, -0.05) is 31.0 Å². The molecular weight excluding hydrogens is 222 g/mol. The molecular formula is C11H17N3OS. The third-order valence-corrected chi connectivity index (χ3v) is 3.94. The van der Waals surface area contributed by atoms with E-state index in [1.165, 1.54) is 43.9 Å². The highest BCUT2D eigenvalue weighted by Gasteiger charge is 2.18.